The van der Waals surface area contributed by atoms with Crippen LogP contribution in [0.2, 0.25) is 0 Å². The van der Waals surface area contributed by atoms with Gasteiger partial charge in [-0.1, -0.05) is 11.8 Å². The third kappa shape index (κ3) is 3.10. The van der Waals surface area contributed by atoms with E-state index in [1.807, 2.05) is 6.26 Å². The van der Waals surface area contributed by atoms with Gasteiger partial charge < -0.3 is 11.1 Å². The molecule has 0 aliphatic rings. The van der Waals surface area contributed by atoms with Crippen molar-refractivity contribution in [2.75, 3.05) is 19.3 Å². The van der Waals surface area contributed by atoms with Gasteiger partial charge in [-0.3, -0.25) is 0 Å². The average molecular weight is 203 g/mol. The van der Waals surface area contributed by atoms with Crippen LogP contribution in [-0.4, -0.2) is 24.3 Å². The van der Waals surface area contributed by atoms with E-state index in [4.69, 9.17) is 5.73 Å². The number of nitrogens with zero attached hydrogens (tertiary/aromatic N) is 1. The Hall–Kier alpha value is -0.100. The van der Waals surface area contributed by atoms with E-state index in [1.165, 1.54) is 0 Å². The fraction of sp³-hybridized carbons (Fsp3) is 0.571. The van der Waals surface area contributed by atoms with Crippen molar-refractivity contribution in [1.29, 1.82) is 0 Å². The maximum Gasteiger partial charge on any atom is 0.149 e. The van der Waals surface area contributed by atoms with E-state index in [0.717, 1.165) is 23.1 Å². The minimum absolute atomic E-state index is 0.680. The van der Waals surface area contributed by atoms with E-state index in [0.29, 0.717) is 6.54 Å². The summed E-state index contributed by atoms with van der Waals surface area (Å²) >= 11 is 3.37. The molecule has 0 atom stereocenters. The Bertz CT molecular complexity index is 224. The highest BCUT2D eigenvalue weighted by Crippen LogP contribution is 2.19. The molecule has 1 heterocycles. The van der Waals surface area contributed by atoms with Gasteiger partial charge in [-0.25, -0.2) is 4.98 Å². The average Bonchev–Trinajstić information content (AvgIpc) is 2.53. The number of nitrogens with two attached hydrogens (primary N) is 1. The Morgan fingerprint density at radius 2 is 2.58 bits per heavy atom. The number of hydrogen-bond donors (Lipinski definition) is 2. The predicted molar refractivity (Wildman–Crippen MR) is 54.7 cm³/mol. The molecular formula is C7H13N3S2. The monoisotopic (exact) mass is 203 g/mol. The van der Waals surface area contributed by atoms with E-state index in [1.54, 1.807) is 23.1 Å². The standard InChI is InChI=1S/C7H13N3S2/c1-11-7-10-6(5-12-7)4-9-3-2-8/h5,9H,2-4,8H2,1H3. The van der Waals surface area contributed by atoms with E-state index < -0.39 is 0 Å². The number of hydrogen-bond acceptors (Lipinski definition) is 5. The normalized spacial score (nSPS) is 10.5. The highest BCUT2D eigenvalue weighted by atomic mass is 32.2. The minimum Gasteiger partial charge on any atom is -0.329 e. The fourth-order valence-electron chi connectivity index (χ4n) is 0.782. The van der Waals surface area contributed by atoms with Crippen molar-refractivity contribution in [2.24, 2.45) is 5.73 Å². The number of nitrogens with one attached hydrogen (secondary N) is 1. The molecule has 0 saturated heterocycles. The van der Waals surface area contributed by atoms with Gasteiger partial charge in [-0.15, -0.1) is 11.3 Å². The van der Waals surface area contributed by atoms with Crippen molar-refractivity contribution >= 4 is 23.1 Å². The second-order valence-electron chi connectivity index (χ2n) is 2.27. The van der Waals surface area contributed by atoms with Crippen molar-refractivity contribution in [1.82, 2.24) is 10.3 Å². The summed E-state index contributed by atoms with van der Waals surface area (Å²) in [5.74, 6) is 0. The zero-order valence-electron chi connectivity index (χ0n) is 7.04. The third-order valence-electron chi connectivity index (χ3n) is 1.33. The largest absolute Gasteiger partial charge is 0.329 e. The molecule has 0 saturated carbocycles. The summed E-state index contributed by atoms with van der Waals surface area (Å²) in [6.07, 6.45) is 2.04. The Morgan fingerprint density at radius 1 is 1.75 bits per heavy atom. The minimum atomic E-state index is 0.680. The fourth-order valence-corrected chi connectivity index (χ4v) is 2.06. The summed E-state index contributed by atoms with van der Waals surface area (Å²) in [4.78, 5) is 4.38. The first-order valence-electron chi connectivity index (χ1n) is 3.76. The van der Waals surface area contributed by atoms with Crippen molar-refractivity contribution < 1.29 is 0 Å². The van der Waals surface area contributed by atoms with Gasteiger partial charge in [-0.05, 0) is 6.26 Å². The van der Waals surface area contributed by atoms with Gasteiger partial charge in [0.05, 0.1) is 5.69 Å². The first kappa shape index (κ1) is 9.98. The van der Waals surface area contributed by atoms with E-state index in [2.05, 4.69) is 15.7 Å². The van der Waals surface area contributed by atoms with Gasteiger partial charge in [0.15, 0.2) is 0 Å². The summed E-state index contributed by atoms with van der Waals surface area (Å²) in [5, 5.41) is 5.28. The summed E-state index contributed by atoms with van der Waals surface area (Å²) in [7, 11) is 0. The predicted octanol–water partition coefficient (Wildman–Crippen LogP) is 0.913. The summed E-state index contributed by atoms with van der Waals surface area (Å²) < 4.78 is 1.12. The molecular weight excluding hydrogens is 190 g/mol. The van der Waals surface area contributed by atoms with Gasteiger partial charge in [0.25, 0.3) is 0 Å². The zero-order valence-corrected chi connectivity index (χ0v) is 8.67. The molecule has 0 aromatic carbocycles. The van der Waals surface area contributed by atoms with Gasteiger partial charge in [0.2, 0.25) is 0 Å². The van der Waals surface area contributed by atoms with Crippen molar-refractivity contribution in [3.05, 3.63) is 11.1 Å². The summed E-state index contributed by atoms with van der Waals surface area (Å²) in [6, 6.07) is 0. The Labute approximate surface area is 80.8 Å². The van der Waals surface area contributed by atoms with Crippen molar-refractivity contribution in [2.45, 2.75) is 10.9 Å². The molecule has 0 aliphatic heterocycles. The van der Waals surface area contributed by atoms with Gasteiger partial charge >= 0.3 is 0 Å². The van der Waals surface area contributed by atoms with Gasteiger partial charge in [0.1, 0.15) is 4.34 Å². The van der Waals surface area contributed by atoms with Crippen LogP contribution in [0, 0.1) is 0 Å². The van der Waals surface area contributed by atoms with E-state index >= 15 is 0 Å². The summed E-state index contributed by atoms with van der Waals surface area (Å²) in [5.41, 5.74) is 6.45. The first-order valence-corrected chi connectivity index (χ1v) is 5.86. The van der Waals surface area contributed by atoms with Crippen LogP contribution in [0.25, 0.3) is 0 Å². The highest BCUT2D eigenvalue weighted by molar-refractivity contribution is 8.00. The van der Waals surface area contributed by atoms with E-state index in [-0.39, 0.29) is 0 Å². The maximum atomic E-state index is 5.34. The van der Waals surface area contributed by atoms with Crippen LogP contribution >= 0.6 is 23.1 Å². The molecule has 3 N–H and O–H groups in total. The highest BCUT2D eigenvalue weighted by Gasteiger charge is 1.98. The molecule has 0 aliphatic carbocycles. The van der Waals surface area contributed by atoms with Crippen LogP contribution in [0.3, 0.4) is 0 Å². The SMILES string of the molecule is CSc1nc(CNCCN)cs1. The third-order valence-corrected chi connectivity index (χ3v) is 3.24. The first-order chi connectivity index (χ1) is 5.86. The number of rotatable bonds is 5. The Kier molecular flexibility index (Phi) is 4.60. The van der Waals surface area contributed by atoms with Crippen molar-refractivity contribution in [3.63, 3.8) is 0 Å². The molecule has 0 unspecified atom stereocenters. The number of thiazole rings is 1. The van der Waals surface area contributed by atoms with Crippen LogP contribution in [0.15, 0.2) is 9.72 Å². The lowest BCUT2D eigenvalue weighted by molar-refractivity contribution is 0.682. The topological polar surface area (TPSA) is 50.9 Å². The zero-order chi connectivity index (χ0) is 8.81. The molecule has 0 spiro atoms. The Balaban J connectivity index is 2.31. The maximum absolute atomic E-state index is 5.34. The molecule has 0 bridgehead atoms. The van der Waals surface area contributed by atoms with Crippen LogP contribution in [-0.2, 0) is 6.54 Å². The van der Waals surface area contributed by atoms with Crippen LogP contribution in [0.5, 0.6) is 0 Å². The lowest BCUT2D eigenvalue weighted by Gasteiger charge is -1.97. The quantitative estimate of drug-likeness (QED) is 0.552. The molecule has 0 amide bonds. The van der Waals surface area contributed by atoms with Crippen LogP contribution in [0.1, 0.15) is 5.69 Å². The molecule has 1 rings (SSSR count). The second-order valence-corrected chi connectivity index (χ2v) is 4.19. The molecule has 12 heavy (non-hydrogen) atoms. The molecule has 3 nitrogen and oxygen atoms in total. The molecule has 1 aromatic rings. The smallest absolute Gasteiger partial charge is 0.149 e. The lowest BCUT2D eigenvalue weighted by atomic mass is 10.5. The molecule has 0 fully saturated rings. The molecule has 1 aromatic heterocycles. The van der Waals surface area contributed by atoms with Gasteiger partial charge in [0, 0.05) is 25.0 Å². The number of thioether (sulfide) groups is 1. The summed E-state index contributed by atoms with van der Waals surface area (Å²) in [6.45, 7) is 2.36. The van der Waals surface area contributed by atoms with Crippen molar-refractivity contribution in [3.8, 4) is 0 Å². The van der Waals surface area contributed by atoms with Gasteiger partial charge in [-0.2, -0.15) is 0 Å². The Morgan fingerprint density at radius 3 is 3.17 bits per heavy atom. The molecule has 0 radical (unpaired) electrons. The number of aromatic nitrogens is 1. The second kappa shape index (κ2) is 5.53. The van der Waals surface area contributed by atoms with Crippen LogP contribution < -0.4 is 11.1 Å². The lowest BCUT2D eigenvalue weighted by Crippen LogP contribution is -2.21. The molecule has 5 heteroatoms. The molecule has 68 valence electrons. The van der Waals surface area contributed by atoms with Crippen LogP contribution in [0.4, 0.5) is 0 Å². The van der Waals surface area contributed by atoms with E-state index in [9.17, 15) is 0 Å².